The zero-order valence-corrected chi connectivity index (χ0v) is 12.5. The normalized spacial score (nSPS) is 10.5. The summed E-state index contributed by atoms with van der Waals surface area (Å²) in [7, 11) is 1.26. The van der Waals surface area contributed by atoms with Crippen LogP contribution < -0.4 is 10.2 Å². The van der Waals surface area contributed by atoms with Crippen LogP contribution in [-0.4, -0.2) is 34.4 Å². The van der Waals surface area contributed by atoms with Crippen molar-refractivity contribution in [2.75, 3.05) is 12.5 Å². The van der Waals surface area contributed by atoms with E-state index in [-0.39, 0.29) is 22.6 Å². The van der Waals surface area contributed by atoms with Crippen LogP contribution in [0.1, 0.15) is 15.9 Å². The maximum absolute atomic E-state index is 11.1. The molecular weight excluding hydrogens is 318 g/mol. The van der Waals surface area contributed by atoms with Crippen molar-refractivity contribution in [1.82, 2.24) is 0 Å². The lowest BCUT2D eigenvalue weighted by Gasteiger charge is -2.06. The Labute approximate surface area is 136 Å². The molecule has 0 heterocycles. The van der Waals surface area contributed by atoms with Crippen molar-refractivity contribution in [2.45, 2.75) is 0 Å². The molecule has 0 amide bonds. The third-order valence-corrected chi connectivity index (χ3v) is 3.05. The number of para-hydroxylation sites is 1. The lowest BCUT2D eigenvalue weighted by molar-refractivity contribution is -0.386. The number of rotatable bonds is 6. The molecule has 0 aliphatic heterocycles. The summed E-state index contributed by atoms with van der Waals surface area (Å²) in [4.78, 5) is 21.3. The second-order valence-corrected chi connectivity index (χ2v) is 4.57. The number of phenols is 1. The van der Waals surface area contributed by atoms with Gasteiger partial charge in [0.2, 0.25) is 5.75 Å². The highest BCUT2D eigenvalue weighted by atomic mass is 16.6. The van der Waals surface area contributed by atoms with E-state index in [9.17, 15) is 20.0 Å². The van der Waals surface area contributed by atoms with Gasteiger partial charge in [0.25, 0.3) is 0 Å². The largest absolute Gasteiger partial charge is 0.500 e. The van der Waals surface area contributed by atoms with E-state index in [2.05, 4.69) is 10.5 Å². The molecule has 2 rings (SSSR count). The molecule has 3 N–H and O–H groups in total. The molecule has 0 aromatic heterocycles. The average Bonchev–Trinajstić information content (AvgIpc) is 2.56. The van der Waals surface area contributed by atoms with Crippen molar-refractivity contribution in [3.8, 4) is 11.5 Å². The first-order valence-corrected chi connectivity index (χ1v) is 6.60. The van der Waals surface area contributed by atoms with Crippen LogP contribution in [0.15, 0.2) is 41.5 Å². The summed E-state index contributed by atoms with van der Waals surface area (Å²) in [5, 5.41) is 33.5. The number of hydrogen-bond donors (Lipinski definition) is 3. The van der Waals surface area contributed by atoms with Crippen molar-refractivity contribution >= 4 is 23.6 Å². The van der Waals surface area contributed by atoms with Crippen LogP contribution >= 0.6 is 0 Å². The second kappa shape index (κ2) is 7.09. The van der Waals surface area contributed by atoms with Crippen LogP contribution in [0.3, 0.4) is 0 Å². The number of ether oxygens (including phenoxy) is 1. The lowest BCUT2D eigenvalue weighted by Crippen LogP contribution is -2.02. The fourth-order valence-corrected chi connectivity index (χ4v) is 1.93. The Bertz CT molecular complexity index is 819. The number of aromatic hydroxyl groups is 1. The minimum atomic E-state index is -1.12. The van der Waals surface area contributed by atoms with E-state index >= 15 is 0 Å². The number of hydrazone groups is 1. The Kier molecular flexibility index (Phi) is 4.95. The van der Waals surface area contributed by atoms with Crippen LogP contribution in [0, 0.1) is 10.1 Å². The van der Waals surface area contributed by atoms with Gasteiger partial charge in [-0.05, 0) is 18.2 Å². The average molecular weight is 331 g/mol. The van der Waals surface area contributed by atoms with Gasteiger partial charge in [-0.1, -0.05) is 12.1 Å². The van der Waals surface area contributed by atoms with E-state index in [1.165, 1.54) is 31.5 Å². The van der Waals surface area contributed by atoms with Gasteiger partial charge in [-0.25, -0.2) is 4.79 Å². The van der Waals surface area contributed by atoms with Gasteiger partial charge in [0.05, 0.1) is 29.5 Å². The van der Waals surface area contributed by atoms with Gasteiger partial charge in [0, 0.05) is 11.6 Å². The number of benzene rings is 2. The number of hydrogen-bond acceptors (Lipinski definition) is 7. The van der Waals surface area contributed by atoms with Gasteiger partial charge >= 0.3 is 11.7 Å². The molecule has 0 unspecified atom stereocenters. The summed E-state index contributed by atoms with van der Waals surface area (Å²) >= 11 is 0. The number of anilines is 1. The van der Waals surface area contributed by atoms with E-state index in [4.69, 9.17) is 9.84 Å². The molecule has 0 aliphatic carbocycles. The number of carboxylic acid groups (broad SMARTS) is 1. The van der Waals surface area contributed by atoms with Gasteiger partial charge in [-0.15, -0.1) is 0 Å². The molecule has 9 heteroatoms. The van der Waals surface area contributed by atoms with Crippen molar-refractivity contribution in [1.29, 1.82) is 0 Å². The summed E-state index contributed by atoms with van der Waals surface area (Å²) in [6.07, 6.45) is 1.24. The highest BCUT2D eigenvalue weighted by Crippen LogP contribution is 2.36. The molecule has 0 atom stereocenters. The fraction of sp³-hybridized carbons (Fsp3) is 0.0667. The predicted octanol–water partition coefficient (Wildman–Crippen LogP) is 2.45. The minimum Gasteiger partial charge on any atom is -0.500 e. The molecule has 0 saturated heterocycles. The molecule has 0 fully saturated rings. The first kappa shape index (κ1) is 16.7. The maximum atomic E-state index is 11.1. The maximum Gasteiger partial charge on any atom is 0.337 e. The Morgan fingerprint density at radius 3 is 2.71 bits per heavy atom. The van der Waals surface area contributed by atoms with Gasteiger partial charge in [0.1, 0.15) is 0 Å². The van der Waals surface area contributed by atoms with Crippen molar-refractivity contribution in [3.05, 3.63) is 57.6 Å². The smallest absolute Gasteiger partial charge is 0.337 e. The van der Waals surface area contributed by atoms with Crippen molar-refractivity contribution in [3.63, 3.8) is 0 Å². The van der Waals surface area contributed by atoms with Gasteiger partial charge in [0.15, 0.2) is 5.75 Å². The van der Waals surface area contributed by atoms with Gasteiger partial charge < -0.3 is 14.9 Å². The predicted molar refractivity (Wildman–Crippen MR) is 85.9 cm³/mol. The summed E-state index contributed by atoms with van der Waals surface area (Å²) < 4.78 is 4.88. The number of carboxylic acids is 1. The molecule has 124 valence electrons. The molecule has 2 aromatic carbocycles. The van der Waals surface area contributed by atoms with Crippen molar-refractivity contribution in [2.24, 2.45) is 5.10 Å². The highest BCUT2D eigenvalue weighted by Gasteiger charge is 2.19. The molecular formula is C15H13N3O6. The summed E-state index contributed by atoms with van der Waals surface area (Å²) in [6, 6.07) is 8.63. The molecule has 0 aliphatic rings. The molecule has 2 aromatic rings. The van der Waals surface area contributed by atoms with Gasteiger partial charge in [-0.2, -0.15) is 5.10 Å². The lowest BCUT2D eigenvalue weighted by atomic mass is 10.2. The monoisotopic (exact) mass is 331 g/mol. The van der Waals surface area contributed by atoms with E-state index in [1.807, 2.05) is 0 Å². The summed E-state index contributed by atoms with van der Waals surface area (Å²) in [5.74, 6) is -1.77. The summed E-state index contributed by atoms with van der Waals surface area (Å²) in [6.45, 7) is 0. The zero-order valence-electron chi connectivity index (χ0n) is 12.5. The van der Waals surface area contributed by atoms with Crippen LogP contribution in [-0.2, 0) is 0 Å². The number of nitro groups is 1. The zero-order chi connectivity index (χ0) is 17.7. The topological polar surface area (TPSA) is 134 Å². The van der Waals surface area contributed by atoms with Crippen LogP contribution in [0.2, 0.25) is 0 Å². The highest BCUT2D eigenvalue weighted by molar-refractivity contribution is 5.94. The first-order chi connectivity index (χ1) is 11.4. The Hall–Kier alpha value is -3.62. The van der Waals surface area contributed by atoms with Crippen LogP contribution in [0.25, 0.3) is 0 Å². The second-order valence-electron chi connectivity index (χ2n) is 4.57. The Balaban J connectivity index is 2.28. The van der Waals surface area contributed by atoms with Gasteiger partial charge in [-0.3, -0.25) is 15.5 Å². The number of aromatic carboxylic acids is 1. The molecule has 9 nitrogen and oxygen atoms in total. The third-order valence-electron chi connectivity index (χ3n) is 3.05. The van der Waals surface area contributed by atoms with Crippen molar-refractivity contribution < 1.29 is 24.7 Å². The standard InChI is InChI=1S/C15H13N3O6/c1-24-13-7-9(6-12(14(13)19)18(22)23)8-16-17-11-5-3-2-4-10(11)15(20)21/h2-8,17,19H,1H3,(H,20,21)/b16-8+. The van der Waals surface area contributed by atoms with E-state index in [1.54, 1.807) is 12.1 Å². The molecule has 0 spiro atoms. The molecule has 24 heavy (non-hydrogen) atoms. The molecule has 0 bridgehead atoms. The molecule has 0 saturated carbocycles. The number of phenolic OH excluding ortho intramolecular Hbond substituents is 1. The number of nitro benzene ring substituents is 1. The third kappa shape index (κ3) is 3.58. The van der Waals surface area contributed by atoms with E-state index in [0.29, 0.717) is 0 Å². The number of carbonyl (C=O) groups is 1. The SMILES string of the molecule is COc1cc(/C=N/Nc2ccccc2C(=O)O)cc([N+](=O)[O-])c1O. The Morgan fingerprint density at radius 1 is 1.38 bits per heavy atom. The fourth-order valence-electron chi connectivity index (χ4n) is 1.93. The van der Waals surface area contributed by atoms with E-state index < -0.39 is 22.3 Å². The van der Waals surface area contributed by atoms with Crippen LogP contribution in [0.4, 0.5) is 11.4 Å². The number of nitrogens with one attached hydrogen (secondary N) is 1. The van der Waals surface area contributed by atoms with Crippen LogP contribution in [0.5, 0.6) is 11.5 Å². The quantitative estimate of drug-likeness (QED) is 0.420. The van der Waals surface area contributed by atoms with E-state index in [0.717, 1.165) is 6.07 Å². The number of nitrogens with zero attached hydrogens (tertiary/aromatic N) is 2. The first-order valence-electron chi connectivity index (χ1n) is 6.60. The molecule has 0 radical (unpaired) electrons. The Morgan fingerprint density at radius 2 is 2.08 bits per heavy atom. The minimum absolute atomic E-state index is 0.0314. The summed E-state index contributed by atoms with van der Waals surface area (Å²) in [5.41, 5.74) is 2.62. The number of methoxy groups -OCH3 is 1.